The third kappa shape index (κ3) is 3.27. The summed E-state index contributed by atoms with van der Waals surface area (Å²) in [6, 6.07) is 8.75. The standard InChI is InChI=1S/C22H23N5O2/c1-13-9-27-12-19(25-21(27)8-23-13)18-6-16-4-5-17(7-20(16)29-22(18)28)26-10-14(2)24-15(3)11-26/h4-9,12,14-15,24H,10-11H2,1-3H3/t14-,15+. The molecule has 0 bridgehead atoms. The van der Waals surface area contributed by atoms with Gasteiger partial charge in [0.15, 0.2) is 5.65 Å². The molecular formula is C22H23N5O2. The van der Waals surface area contributed by atoms with Crippen molar-refractivity contribution in [2.45, 2.75) is 32.9 Å². The van der Waals surface area contributed by atoms with Gasteiger partial charge in [0.2, 0.25) is 0 Å². The molecule has 7 heteroatoms. The van der Waals surface area contributed by atoms with Crippen LogP contribution in [0, 0.1) is 6.92 Å². The van der Waals surface area contributed by atoms with Gasteiger partial charge in [0.05, 0.1) is 23.1 Å². The fraction of sp³-hybridized carbons (Fsp3) is 0.318. The summed E-state index contributed by atoms with van der Waals surface area (Å²) in [4.78, 5) is 23.8. The van der Waals surface area contributed by atoms with Gasteiger partial charge in [-0.15, -0.1) is 0 Å². The maximum absolute atomic E-state index is 12.7. The maximum Gasteiger partial charge on any atom is 0.345 e. The molecule has 0 aliphatic carbocycles. The number of anilines is 1. The van der Waals surface area contributed by atoms with Crippen molar-refractivity contribution < 1.29 is 4.42 Å². The summed E-state index contributed by atoms with van der Waals surface area (Å²) >= 11 is 0. The molecule has 4 aromatic rings. The van der Waals surface area contributed by atoms with E-state index in [0.29, 0.717) is 34.6 Å². The van der Waals surface area contributed by atoms with Crippen LogP contribution in [0.4, 0.5) is 5.69 Å². The molecule has 148 valence electrons. The fourth-order valence-electron chi connectivity index (χ4n) is 4.14. The van der Waals surface area contributed by atoms with Crippen LogP contribution in [0.25, 0.3) is 27.9 Å². The number of rotatable bonds is 2. The highest BCUT2D eigenvalue weighted by atomic mass is 16.4. The van der Waals surface area contributed by atoms with Crippen LogP contribution >= 0.6 is 0 Å². The zero-order valence-corrected chi connectivity index (χ0v) is 16.7. The van der Waals surface area contributed by atoms with E-state index >= 15 is 0 Å². The zero-order valence-electron chi connectivity index (χ0n) is 16.7. The molecule has 0 saturated carbocycles. The lowest BCUT2D eigenvalue weighted by Gasteiger charge is -2.37. The Hall–Kier alpha value is -3.19. The molecule has 1 fully saturated rings. The molecule has 0 unspecified atom stereocenters. The fourth-order valence-corrected chi connectivity index (χ4v) is 4.14. The highest BCUT2D eigenvalue weighted by molar-refractivity contribution is 5.84. The quantitative estimate of drug-likeness (QED) is 0.531. The first-order chi connectivity index (χ1) is 14.0. The monoisotopic (exact) mass is 389 g/mol. The first kappa shape index (κ1) is 17.9. The topological polar surface area (TPSA) is 75.7 Å². The van der Waals surface area contributed by atoms with Crippen molar-refractivity contribution in [2.75, 3.05) is 18.0 Å². The Bertz CT molecular complexity index is 1270. The highest BCUT2D eigenvalue weighted by Crippen LogP contribution is 2.26. The second kappa shape index (κ2) is 6.70. The van der Waals surface area contributed by atoms with E-state index in [1.807, 2.05) is 41.9 Å². The van der Waals surface area contributed by atoms with Crippen molar-refractivity contribution in [3.8, 4) is 11.3 Å². The van der Waals surface area contributed by atoms with Crippen LogP contribution in [0.1, 0.15) is 19.5 Å². The van der Waals surface area contributed by atoms with Crippen molar-refractivity contribution >= 4 is 22.3 Å². The average Bonchev–Trinajstić information content (AvgIpc) is 3.09. The van der Waals surface area contributed by atoms with Gasteiger partial charge in [-0.3, -0.25) is 4.98 Å². The van der Waals surface area contributed by atoms with E-state index in [9.17, 15) is 4.79 Å². The number of hydrogen-bond donors (Lipinski definition) is 1. The molecule has 1 saturated heterocycles. The summed E-state index contributed by atoms with van der Waals surface area (Å²) in [7, 11) is 0. The number of benzene rings is 1. The minimum atomic E-state index is -0.384. The number of aryl methyl sites for hydroxylation is 1. The smallest absolute Gasteiger partial charge is 0.345 e. The van der Waals surface area contributed by atoms with E-state index in [0.717, 1.165) is 29.9 Å². The molecular weight excluding hydrogens is 366 g/mol. The van der Waals surface area contributed by atoms with Gasteiger partial charge in [0.1, 0.15) is 5.58 Å². The molecule has 1 aliphatic rings. The molecule has 1 aliphatic heterocycles. The predicted molar refractivity (Wildman–Crippen MR) is 113 cm³/mol. The number of aromatic nitrogens is 3. The van der Waals surface area contributed by atoms with Crippen LogP contribution in [-0.2, 0) is 0 Å². The van der Waals surface area contributed by atoms with Gasteiger partial charge in [-0.1, -0.05) is 0 Å². The maximum atomic E-state index is 12.7. The molecule has 0 amide bonds. The molecule has 1 aromatic carbocycles. The lowest BCUT2D eigenvalue weighted by atomic mass is 10.1. The molecule has 29 heavy (non-hydrogen) atoms. The van der Waals surface area contributed by atoms with Gasteiger partial charge < -0.3 is 19.0 Å². The molecule has 4 heterocycles. The van der Waals surface area contributed by atoms with Gasteiger partial charge in [-0.25, -0.2) is 9.78 Å². The van der Waals surface area contributed by atoms with Crippen molar-refractivity contribution in [1.29, 1.82) is 0 Å². The number of piperazine rings is 1. The number of nitrogens with one attached hydrogen (secondary N) is 1. The lowest BCUT2D eigenvalue weighted by Crippen LogP contribution is -2.54. The van der Waals surface area contributed by atoms with Gasteiger partial charge in [-0.2, -0.15) is 0 Å². The molecule has 0 radical (unpaired) electrons. The third-order valence-corrected chi connectivity index (χ3v) is 5.39. The summed E-state index contributed by atoms with van der Waals surface area (Å²) in [6.07, 6.45) is 5.42. The first-order valence-corrected chi connectivity index (χ1v) is 9.87. The van der Waals surface area contributed by atoms with E-state index in [-0.39, 0.29) is 5.63 Å². The number of imidazole rings is 1. The van der Waals surface area contributed by atoms with Gasteiger partial charge in [0, 0.05) is 54.7 Å². The second-order valence-corrected chi connectivity index (χ2v) is 7.96. The molecule has 1 N–H and O–H groups in total. The van der Waals surface area contributed by atoms with E-state index in [1.54, 1.807) is 6.20 Å². The summed E-state index contributed by atoms with van der Waals surface area (Å²) in [5, 5.41) is 4.42. The van der Waals surface area contributed by atoms with Crippen molar-refractivity contribution in [3.05, 3.63) is 59.0 Å². The van der Waals surface area contributed by atoms with Crippen molar-refractivity contribution in [1.82, 2.24) is 19.7 Å². The van der Waals surface area contributed by atoms with Crippen LogP contribution in [0.15, 0.2) is 52.1 Å². The van der Waals surface area contributed by atoms with Crippen LogP contribution in [-0.4, -0.2) is 39.5 Å². The summed E-state index contributed by atoms with van der Waals surface area (Å²) in [5.41, 5.74) is 3.90. The number of nitrogens with zero attached hydrogens (tertiary/aromatic N) is 4. The van der Waals surface area contributed by atoms with Crippen LogP contribution in [0.5, 0.6) is 0 Å². The highest BCUT2D eigenvalue weighted by Gasteiger charge is 2.21. The van der Waals surface area contributed by atoms with Gasteiger partial charge in [-0.05, 0) is 39.0 Å². The number of hydrogen-bond acceptors (Lipinski definition) is 6. The minimum Gasteiger partial charge on any atom is -0.422 e. The summed E-state index contributed by atoms with van der Waals surface area (Å²) < 4.78 is 7.56. The van der Waals surface area contributed by atoms with Crippen LogP contribution < -0.4 is 15.8 Å². The molecule has 5 rings (SSSR count). The van der Waals surface area contributed by atoms with Crippen molar-refractivity contribution in [2.24, 2.45) is 0 Å². The first-order valence-electron chi connectivity index (χ1n) is 9.87. The predicted octanol–water partition coefficient (Wildman–Crippen LogP) is 3.00. The van der Waals surface area contributed by atoms with Crippen LogP contribution in [0.2, 0.25) is 0 Å². The molecule has 2 atom stereocenters. The van der Waals surface area contributed by atoms with E-state index in [1.165, 1.54) is 0 Å². The van der Waals surface area contributed by atoms with Gasteiger partial charge in [0.25, 0.3) is 0 Å². The second-order valence-electron chi connectivity index (χ2n) is 7.96. The third-order valence-electron chi connectivity index (χ3n) is 5.39. The normalized spacial score (nSPS) is 19.9. The molecule has 7 nitrogen and oxygen atoms in total. The Labute approximate surface area is 168 Å². The summed E-state index contributed by atoms with van der Waals surface area (Å²) in [6.45, 7) is 8.13. The lowest BCUT2D eigenvalue weighted by molar-refractivity contribution is 0.407. The molecule has 0 spiro atoms. The van der Waals surface area contributed by atoms with Gasteiger partial charge >= 0.3 is 5.63 Å². The summed E-state index contributed by atoms with van der Waals surface area (Å²) in [5.74, 6) is 0. The Morgan fingerprint density at radius 1 is 1.14 bits per heavy atom. The Morgan fingerprint density at radius 2 is 1.93 bits per heavy atom. The largest absolute Gasteiger partial charge is 0.422 e. The minimum absolute atomic E-state index is 0.384. The Balaban J connectivity index is 1.55. The Morgan fingerprint density at radius 3 is 2.72 bits per heavy atom. The SMILES string of the molecule is Cc1cn2cc(-c3cc4ccc(N5C[C@@H](C)N[C@@H](C)C5)cc4oc3=O)nc2cn1. The van der Waals surface area contributed by atoms with E-state index in [4.69, 9.17) is 4.42 Å². The van der Waals surface area contributed by atoms with E-state index < -0.39 is 0 Å². The Kier molecular flexibility index (Phi) is 4.13. The number of fused-ring (bicyclic) bond motifs is 2. The van der Waals surface area contributed by atoms with Crippen LogP contribution in [0.3, 0.4) is 0 Å². The zero-order chi connectivity index (χ0) is 20.1. The molecule has 3 aromatic heterocycles. The average molecular weight is 389 g/mol. The van der Waals surface area contributed by atoms with Crippen molar-refractivity contribution in [3.63, 3.8) is 0 Å². The van der Waals surface area contributed by atoms with E-state index in [2.05, 4.69) is 40.1 Å².